The Balaban J connectivity index is 0.00000392. The van der Waals surface area contributed by atoms with E-state index in [1.807, 2.05) is 19.1 Å². The zero-order valence-electron chi connectivity index (χ0n) is 16.2. The number of methoxy groups -OCH3 is 1. The summed E-state index contributed by atoms with van der Waals surface area (Å²) in [6.07, 6.45) is 0.788. The molecular formula is C18H27IN4O3S2. The second-order valence-corrected chi connectivity index (χ2v) is 8.76. The molecule has 0 aliphatic rings. The van der Waals surface area contributed by atoms with Gasteiger partial charge in [0.2, 0.25) is 10.0 Å². The van der Waals surface area contributed by atoms with Crippen molar-refractivity contribution in [2.24, 2.45) is 4.99 Å². The number of hydrogen-bond acceptors (Lipinski definition) is 5. The van der Waals surface area contributed by atoms with E-state index in [1.165, 1.54) is 16.9 Å². The number of nitrogens with zero attached hydrogens (tertiary/aromatic N) is 1. The molecule has 0 atom stereocenters. The lowest BCUT2D eigenvalue weighted by Crippen LogP contribution is -2.42. The minimum atomic E-state index is -3.43. The molecule has 1 heterocycles. The van der Waals surface area contributed by atoms with Crippen LogP contribution in [-0.4, -0.2) is 48.2 Å². The Morgan fingerprint density at radius 3 is 2.57 bits per heavy atom. The van der Waals surface area contributed by atoms with Crippen LogP contribution < -0.4 is 20.1 Å². The molecular weight excluding hydrogens is 511 g/mol. The van der Waals surface area contributed by atoms with Crippen LogP contribution in [0.25, 0.3) is 0 Å². The molecule has 10 heteroatoms. The Bertz CT molecular complexity index is 856. The Kier molecular flexibility index (Phi) is 10.8. The van der Waals surface area contributed by atoms with Crippen molar-refractivity contribution in [2.75, 3.05) is 33.8 Å². The summed E-state index contributed by atoms with van der Waals surface area (Å²) in [5.74, 6) is 1.49. The van der Waals surface area contributed by atoms with E-state index in [2.05, 4.69) is 26.4 Å². The molecule has 7 nitrogen and oxygen atoms in total. The summed E-state index contributed by atoms with van der Waals surface area (Å²) in [6.45, 7) is 3.43. The largest absolute Gasteiger partial charge is 0.496 e. The number of thiophene rings is 1. The first-order chi connectivity index (χ1) is 13.0. The SMILES string of the molecule is CN=C(NCCNS(=O)(=O)c1cccs1)NCCc1cc(C)ccc1OC.I. The van der Waals surface area contributed by atoms with Gasteiger partial charge >= 0.3 is 0 Å². The van der Waals surface area contributed by atoms with Crippen molar-refractivity contribution in [1.82, 2.24) is 15.4 Å². The highest BCUT2D eigenvalue weighted by Crippen LogP contribution is 2.19. The number of sulfonamides is 1. The maximum atomic E-state index is 12.0. The normalized spacial score (nSPS) is 11.6. The molecule has 28 heavy (non-hydrogen) atoms. The van der Waals surface area contributed by atoms with Gasteiger partial charge in [-0.3, -0.25) is 4.99 Å². The highest BCUT2D eigenvalue weighted by atomic mass is 127. The summed E-state index contributed by atoms with van der Waals surface area (Å²) in [7, 11) is -0.0871. The van der Waals surface area contributed by atoms with Gasteiger partial charge in [0.25, 0.3) is 0 Å². The fourth-order valence-electron chi connectivity index (χ4n) is 2.49. The van der Waals surface area contributed by atoms with E-state index in [1.54, 1.807) is 31.7 Å². The third kappa shape index (κ3) is 7.57. The van der Waals surface area contributed by atoms with Gasteiger partial charge in [0.1, 0.15) is 9.96 Å². The van der Waals surface area contributed by atoms with Crippen LogP contribution in [0.4, 0.5) is 0 Å². The number of nitrogens with one attached hydrogen (secondary N) is 3. The first kappa shape index (κ1) is 24.7. The molecule has 0 saturated carbocycles. The zero-order chi connectivity index (χ0) is 19.7. The lowest BCUT2D eigenvalue weighted by atomic mass is 10.1. The molecule has 0 amide bonds. The smallest absolute Gasteiger partial charge is 0.250 e. The van der Waals surface area contributed by atoms with Gasteiger partial charge in [-0.1, -0.05) is 23.8 Å². The van der Waals surface area contributed by atoms with Crippen LogP contribution in [-0.2, 0) is 16.4 Å². The second kappa shape index (κ2) is 12.2. The van der Waals surface area contributed by atoms with E-state index in [0.717, 1.165) is 17.7 Å². The van der Waals surface area contributed by atoms with Gasteiger partial charge in [-0.25, -0.2) is 13.1 Å². The third-order valence-electron chi connectivity index (χ3n) is 3.82. The molecule has 0 spiro atoms. The maximum Gasteiger partial charge on any atom is 0.250 e. The van der Waals surface area contributed by atoms with Crippen LogP contribution in [0.2, 0.25) is 0 Å². The predicted molar refractivity (Wildman–Crippen MR) is 126 cm³/mol. The van der Waals surface area contributed by atoms with Crippen LogP contribution in [0, 0.1) is 6.92 Å². The molecule has 156 valence electrons. The summed E-state index contributed by atoms with van der Waals surface area (Å²) in [4.78, 5) is 4.15. The number of rotatable bonds is 9. The summed E-state index contributed by atoms with van der Waals surface area (Å²) >= 11 is 1.19. The number of aliphatic imine (C=N–C) groups is 1. The van der Waals surface area contributed by atoms with Gasteiger partial charge in [-0.05, 0) is 36.4 Å². The Morgan fingerprint density at radius 1 is 1.18 bits per heavy atom. The van der Waals surface area contributed by atoms with Gasteiger partial charge in [0.05, 0.1) is 7.11 Å². The highest BCUT2D eigenvalue weighted by molar-refractivity contribution is 14.0. The van der Waals surface area contributed by atoms with E-state index in [-0.39, 0.29) is 30.5 Å². The number of guanidine groups is 1. The summed E-state index contributed by atoms with van der Waals surface area (Å²) < 4.78 is 32.3. The average molecular weight is 538 g/mol. The number of ether oxygens (including phenoxy) is 1. The van der Waals surface area contributed by atoms with E-state index in [9.17, 15) is 8.42 Å². The topological polar surface area (TPSA) is 91.8 Å². The summed E-state index contributed by atoms with van der Waals surface area (Å²) in [5.41, 5.74) is 2.32. The molecule has 1 aromatic carbocycles. The molecule has 0 aliphatic heterocycles. The Morgan fingerprint density at radius 2 is 1.93 bits per heavy atom. The fourth-order valence-corrected chi connectivity index (χ4v) is 4.56. The monoisotopic (exact) mass is 538 g/mol. The molecule has 1 aromatic heterocycles. The minimum absolute atomic E-state index is 0. The number of benzene rings is 1. The van der Waals surface area contributed by atoms with Crippen molar-refractivity contribution in [3.8, 4) is 5.75 Å². The lowest BCUT2D eigenvalue weighted by molar-refractivity contribution is 0.409. The molecule has 2 aromatic rings. The van der Waals surface area contributed by atoms with E-state index >= 15 is 0 Å². The molecule has 0 radical (unpaired) electrons. The van der Waals surface area contributed by atoms with E-state index in [0.29, 0.717) is 23.3 Å². The maximum absolute atomic E-state index is 12.0. The molecule has 0 fully saturated rings. The first-order valence-electron chi connectivity index (χ1n) is 8.57. The second-order valence-electron chi connectivity index (χ2n) is 5.82. The van der Waals surface area contributed by atoms with Crippen molar-refractivity contribution in [1.29, 1.82) is 0 Å². The fraction of sp³-hybridized carbons (Fsp3) is 0.389. The zero-order valence-corrected chi connectivity index (χ0v) is 20.2. The van der Waals surface area contributed by atoms with Gasteiger partial charge in [-0.2, -0.15) is 0 Å². The third-order valence-corrected chi connectivity index (χ3v) is 6.67. The van der Waals surface area contributed by atoms with Crippen LogP contribution in [0.5, 0.6) is 5.75 Å². The summed E-state index contributed by atoms with van der Waals surface area (Å²) in [5, 5.41) is 8.06. The highest BCUT2D eigenvalue weighted by Gasteiger charge is 2.13. The standard InChI is InChI=1S/C18H26N4O3S2.HI/c1-14-6-7-16(25-3)15(13-14)8-9-20-18(19-2)21-10-11-22-27(23,24)17-5-4-12-26-17;/h4-7,12-13,22H,8-11H2,1-3H3,(H2,19,20,21);1H. The van der Waals surface area contributed by atoms with E-state index in [4.69, 9.17) is 4.74 Å². The van der Waals surface area contributed by atoms with Gasteiger partial charge < -0.3 is 15.4 Å². The van der Waals surface area contributed by atoms with Crippen molar-refractivity contribution in [3.63, 3.8) is 0 Å². The lowest BCUT2D eigenvalue weighted by Gasteiger charge is -2.14. The molecule has 3 N–H and O–H groups in total. The summed E-state index contributed by atoms with van der Waals surface area (Å²) in [6, 6.07) is 9.40. The van der Waals surface area contributed by atoms with Crippen molar-refractivity contribution >= 4 is 51.3 Å². The van der Waals surface area contributed by atoms with Crippen LogP contribution in [0.1, 0.15) is 11.1 Å². The van der Waals surface area contributed by atoms with Crippen LogP contribution in [0.3, 0.4) is 0 Å². The van der Waals surface area contributed by atoms with Crippen molar-refractivity contribution in [3.05, 3.63) is 46.8 Å². The molecule has 0 bridgehead atoms. The quantitative estimate of drug-likeness (QED) is 0.198. The van der Waals surface area contributed by atoms with E-state index < -0.39 is 10.0 Å². The van der Waals surface area contributed by atoms with Gasteiger partial charge in [0.15, 0.2) is 5.96 Å². The van der Waals surface area contributed by atoms with Crippen molar-refractivity contribution < 1.29 is 13.2 Å². The molecule has 0 unspecified atom stereocenters. The first-order valence-corrected chi connectivity index (χ1v) is 10.9. The number of aryl methyl sites for hydroxylation is 1. The molecule has 2 rings (SSSR count). The Labute approximate surface area is 188 Å². The van der Waals surface area contributed by atoms with Crippen molar-refractivity contribution in [2.45, 2.75) is 17.6 Å². The van der Waals surface area contributed by atoms with Gasteiger partial charge in [-0.15, -0.1) is 35.3 Å². The minimum Gasteiger partial charge on any atom is -0.496 e. The van der Waals surface area contributed by atoms with Crippen LogP contribution >= 0.6 is 35.3 Å². The molecule has 0 aliphatic carbocycles. The number of hydrogen-bond donors (Lipinski definition) is 3. The van der Waals surface area contributed by atoms with Gasteiger partial charge in [0, 0.05) is 26.7 Å². The predicted octanol–water partition coefficient (Wildman–Crippen LogP) is 2.37. The molecule has 0 saturated heterocycles. The average Bonchev–Trinajstić information content (AvgIpc) is 3.19. The Hall–Kier alpha value is -1.37. The number of halogens is 1. The van der Waals surface area contributed by atoms with Crippen LogP contribution in [0.15, 0.2) is 44.9 Å².